The number of rotatable bonds is 7. The fourth-order valence-electron chi connectivity index (χ4n) is 3.57. The smallest absolute Gasteiger partial charge is 0.229 e. The molecule has 1 aliphatic rings. The van der Waals surface area contributed by atoms with Gasteiger partial charge in [-0.2, -0.15) is 4.98 Å². The topological polar surface area (TPSA) is 51.8 Å². The van der Waals surface area contributed by atoms with Crippen LogP contribution in [-0.4, -0.2) is 15.1 Å². The summed E-state index contributed by atoms with van der Waals surface area (Å²) in [4.78, 5) is 8.67. The summed E-state index contributed by atoms with van der Waals surface area (Å²) in [6, 6.07) is 4.00. The molecular formula is C19H27N3O. The van der Waals surface area contributed by atoms with Gasteiger partial charge < -0.3 is 4.52 Å². The van der Waals surface area contributed by atoms with E-state index >= 15 is 0 Å². The van der Waals surface area contributed by atoms with Crippen molar-refractivity contribution in [2.24, 2.45) is 5.92 Å². The van der Waals surface area contributed by atoms with Crippen LogP contribution in [-0.2, 0) is 6.42 Å². The molecular weight excluding hydrogens is 286 g/mol. The molecule has 4 heteroatoms. The number of pyridine rings is 1. The lowest BCUT2D eigenvalue weighted by Gasteiger charge is -2.26. The standard InChI is InChI=1S/C19H27N3O/c1-2-3-4-5-15-6-8-17(9-7-15)19-21-18(22-23-19)14-16-10-12-20-13-11-16/h10-13,15,17H,2-9,14H2,1H3. The van der Waals surface area contributed by atoms with Crippen LogP contribution in [0.15, 0.2) is 29.0 Å². The van der Waals surface area contributed by atoms with Gasteiger partial charge in [0.25, 0.3) is 0 Å². The van der Waals surface area contributed by atoms with Crippen LogP contribution in [0.1, 0.15) is 81.5 Å². The molecule has 1 saturated carbocycles. The van der Waals surface area contributed by atoms with E-state index in [0.29, 0.717) is 5.92 Å². The van der Waals surface area contributed by atoms with Crippen molar-refractivity contribution >= 4 is 0 Å². The number of hydrogen-bond donors (Lipinski definition) is 0. The van der Waals surface area contributed by atoms with Crippen molar-refractivity contribution in [3.8, 4) is 0 Å². The van der Waals surface area contributed by atoms with Crippen LogP contribution in [0.3, 0.4) is 0 Å². The summed E-state index contributed by atoms with van der Waals surface area (Å²) < 4.78 is 5.53. The molecule has 2 aromatic rings. The maximum Gasteiger partial charge on any atom is 0.229 e. The molecule has 0 spiro atoms. The summed E-state index contributed by atoms with van der Waals surface area (Å²) in [5.74, 6) is 3.02. The van der Waals surface area contributed by atoms with Crippen LogP contribution >= 0.6 is 0 Å². The number of hydrogen-bond acceptors (Lipinski definition) is 4. The third-order valence-electron chi connectivity index (χ3n) is 5.01. The van der Waals surface area contributed by atoms with E-state index < -0.39 is 0 Å². The van der Waals surface area contributed by atoms with Crippen LogP contribution in [0.2, 0.25) is 0 Å². The molecule has 124 valence electrons. The fourth-order valence-corrected chi connectivity index (χ4v) is 3.57. The monoisotopic (exact) mass is 313 g/mol. The lowest BCUT2D eigenvalue weighted by Crippen LogP contribution is -2.13. The van der Waals surface area contributed by atoms with Crippen molar-refractivity contribution < 1.29 is 4.52 Å². The van der Waals surface area contributed by atoms with Crippen LogP contribution in [0.25, 0.3) is 0 Å². The van der Waals surface area contributed by atoms with E-state index in [1.165, 1.54) is 56.9 Å². The number of unbranched alkanes of at least 4 members (excludes halogenated alkanes) is 2. The molecule has 3 rings (SSSR count). The van der Waals surface area contributed by atoms with E-state index in [2.05, 4.69) is 22.0 Å². The summed E-state index contributed by atoms with van der Waals surface area (Å²) in [5.41, 5.74) is 1.17. The average molecular weight is 313 g/mol. The van der Waals surface area contributed by atoms with Crippen molar-refractivity contribution in [1.29, 1.82) is 0 Å². The molecule has 4 nitrogen and oxygen atoms in total. The SMILES string of the molecule is CCCCCC1CCC(c2nc(Cc3ccncc3)no2)CC1. The van der Waals surface area contributed by atoms with Gasteiger partial charge in [-0.1, -0.05) is 37.8 Å². The van der Waals surface area contributed by atoms with Crippen LogP contribution < -0.4 is 0 Å². The van der Waals surface area contributed by atoms with Gasteiger partial charge in [-0.3, -0.25) is 4.98 Å². The molecule has 0 atom stereocenters. The first-order valence-corrected chi connectivity index (χ1v) is 9.06. The Hall–Kier alpha value is -1.71. The van der Waals surface area contributed by atoms with Gasteiger partial charge in [0, 0.05) is 24.7 Å². The summed E-state index contributed by atoms with van der Waals surface area (Å²) in [5, 5.41) is 4.16. The maximum atomic E-state index is 5.53. The van der Waals surface area contributed by atoms with Gasteiger partial charge in [-0.15, -0.1) is 0 Å². The first-order valence-electron chi connectivity index (χ1n) is 9.06. The molecule has 0 aliphatic heterocycles. The zero-order valence-corrected chi connectivity index (χ0v) is 14.1. The Balaban J connectivity index is 1.49. The van der Waals surface area contributed by atoms with Crippen LogP contribution in [0, 0.1) is 5.92 Å². The number of nitrogens with zero attached hydrogens (tertiary/aromatic N) is 3. The van der Waals surface area contributed by atoms with E-state index in [0.717, 1.165) is 24.1 Å². The molecule has 0 saturated heterocycles. The Bertz CT molecular complexity index is 573. The molecule has 23 heavy (non-hydrogen) atoms. The van der Waals surface area contributed by atoms with E-state index in [9.17, 15) is 0 Å². The van der Waals surface area contributed by atoms with Crippen molar-refractivity contribution in [3.63, 3.8) is 0 Å². The third kappa shape index (κ3) is 4.63. The van der Waals surface area contributed by atoms with E-state index in [1.807, 2.05) is 12.1 Å². The van der Waals surface area contributed by atoms with Gasteiger partial charge in [0.1, 0.15) is 0 Å². The first-order chi connectivity index (χ1) is 11.3. The molecule has 0 N–H and O–H groups in total. The molecule has 0 aromatic carbocycles. The summed E-state index contributed by atoms with van der Waals surface area (Å²) in [7, 11) is 0. The normalized spacial score (nSPS) is 21.4. The fraction of sp³-hybridized carbons (Fsp3) is 0.632. The Morgan fingerprint density at radius 1 is 1.09 bits per heavy atom. The average Bonchev–Trinajstić information content (AvgIpc) is 3.05. The predicted octanol–water partition coefficient (Wildman–Crippen LogP) is 4.91. The van der Waals surface area contributed by atoms with Gasteiger partial charge in [-0.25, -0.2) is 0 Å². The summed E-state index contributed by atoms with van der Waals surface area (Å²) >= 11 is 0. The minimum Gasteiger partial charge on any atom is -0.339 e. The molecule has 2 aromatic heterocycles. The molecule has 0 bridgehead atoms. The second-order valence-electron chi connectivity index (χ2n) is 6.79. The highest BCUT2D eigenvalue weighted by Crippen LogP contribution is 2.37. The van der Waals surface area contributed by atoms with Crippen molar-refractivity contribution in [3.05, 3.63) is 41.8 Å². The lowest BCUT2D eigenvalue weighted by atomic mass is 9.79. The van der Waals surface area contributed by atoms with E-state index in [4.69, 9.17) is 4.52 Å². The van der Waals surface area contributed by atoms with Gasteiger partial charge in [0.05, 0.1) is 0 Å². The largest absolute Gasteiger partial charge is 0.339 e. The molecule has 0 radical (unpaired) electrons. The van der Waals surface area contributed by atoms with E-state index in [1.54, 1.807) is 12.4 Å². The highest BCUT2D eigenvalue weighted by molar-refractivity contribution is 5.15. The minimum absolute atomic E-state index is 0.469. The predicted molar refractivity (Wildman–Crippen MR) is 90.2 cm³/mol. The highest BCUT2D eigenvalue weighted by atomic mass is 16.5. The molecule has 0 unspecified atom stereocenters. The molecule has 0 amide bonds. The van der Waals surface area contributed by atoms with Gasteiger partial charge in [0.2, 0.25) is 5.89 Å². The van der Waals surface area contributed by atoms with Crippen LogP contribution in [0.4, 0.5) is 0 Å². The van der Waals surface area contributed by atoms with Crippen molar-refractivity contribution in [2.45, 2.75) is 70.6 Å². The Labute approximate surface area is 138 Å². The minimum atomic E-state index is 0.469. The van der Waals surface area contributed by atoms with Gasteiger partial charge in [0.15, 0.2) is 5.82 Å². The first kappa shape index (κ1) is 16.2. The zero-order valence-electron chi connectivity index (χ0n) is 14.1. The van der Waals surface area contributed by atoms with Gasteiger partial charge in [-0.05, 0) is 49.3 Å². The summed E-state index contributed by atoms with van der Waals surface area (Å²) in [6.45, 7) is 2.27. The van der Waals surface area contributed by atoms with Gasteiger partial charge >= 0.3 is 0 Å². The van der Waals surface area contributed by atoms with E-state index in [-0.39, 0.29) is 0 Å². The second kappa shape index (κ2) is 8.23. The Kier molecular flexibility index (Phi) is 5.78. The van der Waals surface area contributed by atoms with Crippen LogP contribution in [0.5, 0.6) is 0 Å². The molecule has 2 heterocycles. The lowest BCUT2D eigenvalue weighted by molar-refractivity contribution is 0.259. The third-order valence-corrected chi connectivity index (χ3v) is 5.01. The van der Waals surface area contributed by atoms with Crippen molar-refractivity contribution in [2.75, 3.05) is 0 Å². The quantitative estimate of drug-likeness (QED) is 0.681. The maximum absolute atomic E-state index is 5.53. The zero-order chi connectivity index (χ0) is 15.9. The number of aromatic nitrogens is 3. The molecule has 1 aliphatic carbocycles. The van der Waals surface area contributed by atoms with Crippen molar-refractivity contribution in [1.82, 2.24) is 15.1 Å². The molecule has 1 fully saturated rings. The Morgan fingerprint density at radius 3 is 2.61 bits per heavy atom. The second-order valence-corrected chi connectivity index (χ2v) is 6.79. The summed E-state index contributed by atoms with van der Waals surface area (Å²) in [6.07, 6.45) is 14.8. The Morgan fingerprint density at radius 2 is 1.87 bits per heavy atom. The highest BCUT2D eigenvalue weighted by Gasteiger charge is 2.26.